The Morgan fingerprint density at radius 2 is 1.97 bits per heavy atom. The molecule has 196 valence electrons. The van der Waals surface area contributed by atoms with Gasteiger partial charge in [-0.05, 0) is 48.2 Å². The van der Waals surface area contributed by atoms with Crippen LogP contribution in [-0.4, -0.2) is 72.5 Å². The maximum atomic E-state index is 14.3. The molecule has 1 fully saturated rings. The first kappa shape index (κ1) is 26.1. The van der Waals surface area contributed by atoms with Gasteiger partial charge < -0.3 is 21.7 Å². The van der Waals surface area contributed by atoms with Gasteiger partial charge in [0, 0.05) is 43.7 Å². The number of carbonyl (C=O) groups excluding carboxylic acids is 2. The third-order valence-electron chi connectivity index (χ3n) is 6.54. The Labute approximate surface area is 211 Å². The predicted octanol–water partition coefficient (Wildman–Crippen LogP) is 1.43. The van der Waals surface area contributed by atoms with Crippen LogP contribution in [0.2, 0.25) is 0 Å². The highest BCUT2D eigenvalue weighted by Gasteiger charge is 2.47. The summed E-state index contributed by atoms with van der Waals surface area (Å²) in [7, 11) is 1.56. The average molecular weight is 516 g/mol. The van der Waals surface area contributed by atoms with Crippen molar-refractivity contribution in [1.82, 2.24) is 10.2 Å². The van der Waals surface area contributed by atoms with E-state index in [0.29, 0.717) is 22.5 Å². The topological polar surface area (TPSA) is 139 Å². The van der Waals surface area contributed by atoms with Gasteiger partial charge >= 0.3 is 0 Å². The first-order valence-corrected chi connectivity index (χ1v) is 11.8. The maximum Gasteiger partial charge on any atom is 0.268 e. The molecular formula is C25H28F3N7O2. The van der Waals surface area contributed by atoms with E-state index in [1.54, 1.807) is 19.2 Å². The van der Waals surface area contributed by atoms with Crippen LogP contribution >= 0.6 is 0 Å². The molecule has 5 N–H and O–H groups in total. The average Bonchev–Trinajstić information content (AvgIpc) is 3.39. The molecule has 2 aliphatic heterocycles. The molecule has 1 saturated carbocycles. The van der Waals surface area contributed by atoms with Gasteiger partial charge in [0.15, 0.2) is 0 Å². The van der Waals surface area contributed by atoms with E-state index in [9.17, 15) is 22.8 Å². The Balaban J connectivity index is 1.53. The predicted molar refractivity (Wildman–Crippen MR) is 135 cm³/mol. The van der Waals surface area contributed by atoms with Gasteiger partial charge in [0.2, 0.25) is 5.91 Å². The molecule has 37 heavy (non-hydrogen) atoms. The van der Waals surface area contributed by atoms with Crippen LogP contribution in [0.5, 0.6) is 0 Å². The zero-order valence-electron chi connectivity index (χ0n) is 20.2. The number of hydrogen-bond acceptors (Lipinski definition) is 7. The zero-order chi connectivity index (χ0) is 26.7. The fourth-order valence-electron chi connectivity index (χ4n) is 4.94. The van der Waals surface area contributed by atoms with Gasteiger partial charge in [-0.3, -0.25) is 24.6 Å². The summed E-state index contributed by atoms with van der Waals surface area (Å²) in [6, 6.07) is 2.92. The molecule has 4 unspecified atom stereocenters. The van der Waals surface area contributed by atoms with E-state index < -0.39 is 48.0 Å². The third kappa shape index (κ3) is 5.57. The number of alkyl halides is 2. The molecule has 9 nitrogen and oxygen atoms in total. The molecule has 0 spiro atoms. The van der Waals surface area contributed by atoms with Gasteiger partial charge in [-0.1, -0.05) is 0 Å². The number of aliphatic imine (C=N–C) groups is 3. The van der Waals surface area contributed by atoms with Crippen molar-refractivity contribution in [3.05, 3.63) is 53.6 Å². The summed E-state index contributed by atoms with van der Waals surface area (Å²) in [4.78, 5) is 39.3. The number of allylic oxidation sites excluding steroid dienone is 1. The summed E-state index contributed by atoms with van der Waals surface area (Å²) in [5.41, 5.74) is 12.6. The van der Waals surface area contributed by atoms with Crippen molar-refractivity contribution in [3.63, 3.8) is 0 Å². The molecule has 0 bridgehead atoms. The van der Waals surface area contributed by atoms with E-state index in [1.165, 1.54) is 35.6 Å². The fourth-order valence-corrected chi connectivity index (χ4v) is 4.94. The SMILES string of the molecule is CN=CC(=CN)c1cc(F)cc(CNC(=O)C2=NC=CC3N=C(C4CC(F)C(F)C4)N(CC(N)=O)C23)c1. The van der Waals surface area contributed by atoms with E-state index in [4.69, 9.17) is 11.5 Å². The minimum Gasteiger partial charge on any atom is -0.404 e. The normalized spacial score (nSPS) is 27.3. The highest BCUT2D eigenvalue weighted by molar-refractivity contribution is 6.42. The van der Waals surface area contributed by atoms with Crippen molar-refractivity contribution in [2.24, 2.45) is 32.4 Å². The van der Waals surface area contributed by atoms with Crippen molar-refractivity contribution < 1.29 is 22.8 Å². The minimum atomic E-state index is -1.62. The van der Waals surface area contributed by atoms with Crippen LogP contribution < -0.4 is 16.8 Å². The molecule has 0 radical (unpaired) electrons. The van der Waals surface area contributed by atoms with E-state index in [0.717, 1.165) is 0 Å². The smallest absolute Gasteiger partial charge is 0.268 e. The Hall–Kier alpha value is -3.96. The number of hydrogen-bond donors (Lipinski definition) is 3. The van der Waals surface area contributed by atoms with Crippen LogP contribution in [-0.2, 0) is 16.1 Å². The van der Waals surface area contributed by atoms with Gasteiger partial charge in [0.1, 0.15) is 35.7 Å². The minimum absolute atomic E-state index is 0.0238. The molecule has 1 aromatic rings. The maximum absolute atomic E-state index is 14.3. The molecule has 3 aliphatic rings. The highest BCUT2D eigenvalue weighted by Crippen LogP contribution is 2.36. The lowest BCUT2D eigenvalue weighted by atomic mass is 9.98. The Bertz CT molecular complexity index is 1220. The second-order valence-corrected chi connectivity index (χ2v) is 9.11. The number of nitrogens with two attached hydrogens (primary N) is 2. The second kappa shape index (κ2) is 11.0. The van der Waals surface area contributed by atoms with Gasteiger partial charge in [-0.2, -0.15) is 0 Å². The number of carbonyl (C=O) groups is 2. The molecule has 2 heterocycles. The van der Waals surface area contributed by atoms with Crippen molar-refractivity contribution >= 4 is 35.1 Å². The Kier molecular flexibility index (Phi) is 7.74. The van der Waals surface area contributed by atoms with Crippen molar-refractivity contribution in [2.75, 3.05) is 13.6 Å². The van der Waals surface area contributed by atoms with Gasteiger partial charge in [0.05, 0.1) is 12.6 Å². The second-order valence-electron chi connectivity index (χ2n) is 9.11. The lowest BCUT2D eigenvalue weighted by molar-refractivity contribution is -0.119. The number of halogens is 3. The molecule has 4 rings (SSSR count). The van der Waals surface area contributed by atoms with Gasteiger partial charge in [-0.15, -0.1) is 0 Å². The molecular weight excluding hydrogens is 487 g/mol. The number of amides is 2. The molecule has 4 atom stereocenters. The highest BCUT2D eigenvalue weighted by atomic mass is 19.2. The largest absolute Gasteiger partial charge is 0.404 e. The lowest BCUT2D eigenvalue weighted by Gasteiger charge is -2.32. The number of rotatable bonds is 8. The van der Waals surface area contributed by atoms with Crippen molar-refractivity contribution in [1.29, 1.82) is 0 Å². The van der Waals surface area contributed by atoms with Crippen molar-refractivity contribution in [2.45, 2.75) is 43.8 Å². The summed E-state index contributed by atoms with van der Waals surface area (Å²) in [6.45, 7) is -0.310. The quantitative estimate of drug-likeness (QED) is 0.451. The summed E-state index contributed by atoms with van der Waals surface area (Å²) >= 11 is 0. The van der Waals surface area contributed by atoms with E-state index in [1.807, 2.05) is 0 Å². The fraction of sp³-hybridized carbons (Fsp3) is 0.400. The van der Waals surface area contributed by atoms with E-state index >= 15 is 0 Å². The lowest BCUT2D eigenvalue weighted by Crippen LogP contribution is -2.54. The number of nitrogens with one attached hydrogen (secondary N) is 1. The number of fused-ring (bicyclic) bond motifs is 1. The van der Waals surface area contributed by atoms with Crippen LogP contribution in [0.15, 0.2) is 51.7 Å². The first-order chi connectivity index (χ1) is 17.7. The molecule has 12 heteroatoms. The van der Waals surface area contributed by atoms with E-state index in [2.05, 4.69) is 20.3 Å². The van der Waals surface area contributed by atoms with Gasteiger partial charge in [-0.25, -0.2) is 13.2 Å². The number of nitrogens with zero attached hydrogens (tertiary/aromatic N) is 4. The molecule has 0 saturated heterocycles. The summed E-state index contributed by atoms with van der Waals surface area (Å²) in [5.74, 6) is -1.95. The van der Waals surface area contributed by atoms with Crippen LogP contribution in [0.4, 0.5) is 13.2 Å². The molecule has 2 amide bonds. The van der Waals surface area contributed by atoms with Gasteiger partial charge in [0.25, 0.3) is 5.91 Å². The Morgan fingerprint density at radius 1 is 1.24 bits per heavy atom. The number of amidine groups is 1. The Morgan fingerprint density at radius 3 is 2.62 bits per heavy atom. The monoisotopic (exact) mass is 515 g/mol. The van der Waals surface area contributed by atoms with Crippen molar-refractivity contribution in [3.8, 4) is 0 Å². The van der Waals surface area contributed by atoms with Crippen LogP contribution in [0.3, 0.4) is 0 Å². The number of primary amides is 1. The van der Waals surface area contributed by atoms with Crippen LogP contribution in [0.25, 0.3) is 5.57 Å². The summed E-state index contributed by atoms with van der Waals surface area (Å²) < 4.78 is 42.1. The molecule has 1 aliphatic carbocycles. The summed E-state index contributed by atoms with van der Waals surface area (Å²) in [6.07, 6.45) is 2.51. The standard InChI is InChI=1S/C25H28F3N7O2/c1-31-11-16(9-29)14-4-13(5-17(26)6-14)10-33-25(37)22-23-20(2-3-32-22)34-24(35(23)12-21(30)36)15-7-18(27)19(28)8-15/h2-6,9,11,15,18-20,23H,7-8,10,12,29H2,1H3,(H2,30,36)(H,33,37). The van der Waals surface area contributed by atoms with E-state index in [-0.39, 0.29) is 31.6 Å². The third-order valence-corrected chi connectivity index (χ3v) is 6.54. The molecule has 1 aromatic carbocycles. The number of benzene rings is 1. The zero-order valence-corrected chi connectivity index (χ0v) is 20.2. The van der Waals surface area contributed by atoms with Crippen LogP contribution in [0.1, 0.15) is 24.0 Å². The summed E-state index contributed by atoms with van der Waals surface area (Å²) in [5, 5.41) is 2.73. The first-order valence-electron chi connectivity index (χ1n) is 11.8. The molecule has 0 aromatic heterocycles. The van der Waals surface area contributed by atoms with Crippen LogP contribution in [0, 0.1) is 11.7 Å².